The molecule has 0 unspecified atom stereocenters. The third kappa shape index (κ3) is 3.92. The Balaban J connectivity index is 2.57. The molecule has 0 bridgehead atoms. The van der Waals surface area contributed by atoms with Gasteiger partial charge in [-0.05, 0) is 38.2 Å². The number of hydrogen-bond donors (Lipinski definition) is 1. The standard InChI is InChI=1S/C11H16O2/c1-9(8-11(12)13)7-10-5-3-2-4-6-10/h7-8H,2-6H2,1H3,(H,12,13)/b9-8+. The Morgan fingerprint density at radius 2 is 1.92 bits per heavy atom. The molecule has 13 heavy (non-hydrogen) atoms. The topological polar surface area (TPSA) is 37.3 Å². The van der Waals surface area contributed by atoms with Crippen LogP contribution in [0.1, 0.15) is 39.0 Å². The third-order valence-corrected chi connectivity index (χ3v) is 2.28. The number of aliphatic carboxylic acids is 1. The molecular formula is C11H16O2. The van der Waals surface area contributed by atoms with E-state index in [-0.39, 0.29) is 0 Å². The lowest BCUT2D eigenvalue weighted by molar-refractivity contribution is -0.131. The fourth-order valence-corrected chi connectivity index (χ4v) is 1.71. The van der Waals surface area contributed by atoms with Crippen LogP contribution in [-0.2, 0) is 4.79 Å². The Morgan fingerprint density at radius 1 is 1.31 bits per heavy atom. The monoisotopic (exact) mass is 180 g/mol. The van der Waals surface area contributed by atoms with E-state index in [1.54, 1.807) is 0 Å². The molecule has 0 radical (unpaired) electrons. The minimum atomic E-state index is -0.856. The summed E-state index contributed by atoms with van der Waals surface area (Å²) in [5.41, 5.74) is 2.26. The number of rotatable bonds is 2. The van der Waals surface area contributed by atoms with Crippen LogP contribution >= 0.6 is 0 Å². The highest BCUT2D eigenvalue weighted by Crippen LogP contribution is 2.23. The summed E-state index contributed by atoms with van der Waals surface area (Å²) in [5, 5.41) is 8.51. The zero-order valence-electron chi connectivity index (χ0n) is 8.05. The van der Waals surface area contributed by atoms with Crippen LogP contribution in [0.2, 0.25) is 0 Å². The fraction of sp³-hybridized carbons (Fsp3) is 0.545. The summed E-state index contributed by atoms with van der Waals surface area (Å²) in [5.74, 6) is -0.856. The van der Waals surface area contributed by atoms with Gasteiger partial charge in [0.2, 0.25) is 0 Å². The van der Waals surface area contributed by atoms with Crippen LogP contribution in [0.3, 0.4) is 0 Å². The van der Waals surface area contributed by atoms with Crippen LogP contribution in [0, 0.1) is 0 Å². The Labute approximate surface area is 79.0 Å². The molecule has 2 heteroatoms. The van der Waals surface area contributed by atoms with Gasteiger partial charge in [0.1, 0.15) is 0 Å². The molecule has 0 aromatic carbocycles. The molecule has 1 rings (SSSR count). The average molecular weight is 180 g/mol. The van der Waals surface area contributed by atoms with Crippen LogP contribution in [0.25, 0.3) is 0 Å². The van der Waals surface area contributed by atoms with E-state index in [0.29, 0.717) is 0 Å². The lowest BCUT2D eigenvalue weighted by Gasteiger charge is -2.13. The summed E-state index contributed by atoms with van der Waals surface area (Å²) in [6.45, 7) is 1.84. The van der Waals surface area contributed by atoms with E-state index in [1.165, 1.54) is 30.9 Å². The number of hydrogen-bond acceptors (Lipinski definition) is 1. The molecular weight excluding hydrogens is 164 g/mol. The molecule has 1 aliphatic carbocycles. The molecule has 0 heterocycles. The van der Waals surface area contributed by atoms with Crippen LogP contribution < -0.4 is 0 Å². The SMILES string of the molecule is C/C(C=C1CCCCC1)=C\C(=O)O. The van der Waals surface area contributed by atoms with Crippen LogP contribution in [-0.4, -0.2) is 11.1 Å². The summed E-state index contributed by atoms with van der Waals surface area (Å²) in [6, 6.07) is 0. The van der Waals surface area contributed by atoms with Gasteiger partial charge < -0.3 is 5.11 Å². The molecule has 1 aliphatic rings. The second kappa shape index (κ2) is 4.85. The van der Waals surface area contributed by atoms with Gasteiger partial charge >= 0.3 is 5.97 Å². The van der Waals surface area contributed by atoms with Gasteiger partial charge in [-0.3, -0.25) is 0 Å². The van der Waals surface area contributed by atoms with E-state index in [0.717, 1.165) is 18.4 Å². The van der Waals surface area contributed by atoms with Gasteiger partial charge in [0.15, 0.2) is 0 Å². The summed E-state index contributed by atoms with van der Waals surface area (Å²) < 4.78 is 0. The first kappa shape index (κ1) is 10.0. The van der Waals surface area contributed by atoms with Crippen molar-refractivity contribution >= 4 is 5.97 Å². The number of carbonyl (C=O) groups is 1. The highest BCUT2D eigenvalue weighted by Gasteiger charge is 2.04. The van der Waals surface area contributed by atoms with Crippen molar-refractivity contribution in [2.24, 2.45) is 0 Å². The van der Waals surface area contributed by atoms with E-state index in [1.807, 2.05) is 13.0 Å². The van der Waals surface area contributed by atoms with Gasteiger partial charge in [-0.1, -0.05) is 18.1 Å². The minimum Gasteiger partial charge on any atom is -0.478 e. The predicted octanol–water partition coefficient (Wildman–Crippen LogP) is 2.91. The lowest BCUT2D eigenvalue weighted by Crippen LogP contribution is -1.95. The van der Waals surface area contributed by atoms with E-state index in [9.17, 15) is 4.79 Å². The Kier molecular flexibility index (Phi) is 3.74. The largest absolute Gasteiger partial charge is 0.478 e. The lowest BCUT2D eigenvalue weighted by atomic mass is 9.93. The zero-order valence-corrected chi connectivity index (χ0v) is 8.05. The highest BCUT2D eigenvalue weighted by molar-refractivity contribution is 5.81. The Hall–Kier alpha value is -1.05. The van der Waals surface area contributed by atoms with Crippen molar-refractivity contribution in [3.8, 4) is 0 Å². The first-order valence-electron chi connectivity index (χ1n) is 4.79. The van der Waals surface area contributed by atoms with Gasteiger partial charge in [-0.15, -0.1) is 0 Å². The van der Waals surface area contributed by atoms with Gasteiger partial charge in [0, 0.05) is 6.08 Å². The summed E-state index contributed by atoms with van der Waals surface area (Å²) in [7, 11) is 0. The van der Waals surface area contributed by atoms with Gasteiger partial charge in [0.05, 0.1) is 0 Å². The van der Waals surface area contributed by atoms with Crippen molar-refractivity contribution in [3.63, 3.8) is 0 Å². The number of carboxylic acids is 1. The normalized spacial score (nSPS) is 18.5. The molecule has 1 fully saturated rings. The van der Waals surface area contributed by atoms with Crippen LogP contribution in [0.15, 0.2) is 23.3 Å². The summed E-state index contributed by atoms with van der Waals surface area (Å²) in [4.78, 5) is 10.3. The van der Waals surface area contributed by atoms with E-state index in [2.05, 4.69) is 0 Å². The molecule has 2 nitrogen and oxygen atoms in total. The van der Waals surface area contributed by atoms with Crippen molar-refractivity contribution in [3.05, 3.63) is 23.3 Å². The molecule has 0 spiro atoms. The first-order valence-corrected chi connectivity index (χ1v) is 4.79. The number of allylic oxidation sites excluding steroid dienone is 3. The average Bonchev–Trinajstić information content (AvgIpc) is 2.04. The van der Waals surface area contributed by atoms with Gasteiger partial charge in [-0.2, -0.15) is 0 Å². The second-order valence-electron chi connectivity index (χ2n) is 3.59. The maximum atomic E-state index is 10.3. The molecule has 0 amide bonds. The molecule has 1 N–H and O–H groups in total. The third-order valence-electron chi connectivity index (χ3n) is 2.28. The summed E-state index contributed by atoms with van der Waals surface area (Å²) in [6.07, 6.45) is 9.40. The second-order valence-corrected chi connectivity index (χ2v) is 3.59. The van der Waals surface area contributed by atoms with E-state index >= 15 is 0 Å². The Morgan fingerprint density at radius 3 is 2.46 bits per heavy atom. The smallest absolute Gasteiger partial charge is 0.328 e. The molecule has 0 atom stereocenters. The maximum Gasteiger partial charge on any atom is 0.328 e. The van der Waals surface area contributed by atoms with E-state index in [4.69, 9.17) is 5.11 Å². The van der Waals surface area contributed by atoms with Crippen LogP contribution in [0.4, 0.5) is 0 Å². The quantitative estimate of drug-likeness (QED) is 0.663. The first-order chi connectivity index (χ1) is 6.18. The van der Waals surface area contributed by atoms with Crippen LogP contribution in [0.5, 0.6) is 0 Å². The zero-order chi connectivity index (χ0) is 9.68. The molecule has 0 saturated heterocycles. The number of carboxylic acid groups (broad SMARTS) is 1. The minimum absolute atomic E-state index is 0.851. The molecule has 0 aromatic rings. The van der Waals surface area contributed by atoms with E-state index < -0.39 is 5.97 Å². The molecule has 1 saturated carbocycles. The van der Waals surface area contributed by atoms with Crippen molar-refractivity contribution in [1.29, 1.82) is 0 Å². The molecule has 72 valence electrons. The highest BCUT2D eigenvalue weighted by atomic mass is 16.4. The molecule has 0 aromatic heterocycles. The fourth-order valence-electron chi connectivity index (χ4n) is 1.71. The van der Waals surface area contributed by atoms with Crippen molar-refractivity contribution in [2.75, 3.05) is 0 Å². The van der Waals surface area contributed by atoms with Crippen molar-refractivity contribution in [1.82, 2.24) is 0 Å². The summed E-state index contributed by atoms with van der Waals surface area (Å²) >= 11 is 0. The van der Waals surface area contributed by atoms with Crippen molar-refractivity contribution in [2.45, 2.75) is 39.0 Å². The van der Waals surface area contributed by atoms with Gasteiger partial charge in [0.25, 0.3) is 0 Å². The maximum absolute atomic E-state index is 10.3. The molecule has 0 aliphatic heterocycles. The predicted molar refractivity (Wildman–Crippen MR) is 52.6 cm³/mol. The van der Waals surface area contributed by atoms with Crippen molar-refractivity contribution < 1.29 is 9.90 Å². The van der Waals surface area contributed by atoms with Gasteiger partial charge in [-0.25, -0.2) is 4.79 Å². The Bertz CT molecular complexity index is 241.